The van der Waals surface area contributed by atoms with E-state index in [4.69, 9.17) is 0 Å². The van der Waals surface area contributed by atoms with Gasteiger partial charge in [0.05, 0.1) is 0 Å². The first kappa shape index (κ1) is 41.6. The van der Waals surface area contributed by atoms with E-state index < -0.39 is 53.0 Å². The first-order valence-corrected chi connectivity index (χ1v) is 42.3. The molecule has 1 rings (SSSR count). The van der Waals surface area contributed by atoms with Crippen LogP contribution in [-0.4, -0.2) is 58.7 Å². The van der Waals surface area contributed by atoms with Crippen molar-refractivity contribution < 1.29 is 0 Å². The molecule has 0 radical (unpaired) electrons. The van der Waals surface area contributed by atoms with Gasteiger partial charge in [0.15, 0.2) is 0 Å². The topological polar surface area (TPSA) is 0 Å². The average molecular weight is 708 g/mol. The Kier molecular flexibility index (Phi) is 11.9. The summed E-state index contributed by atoms with van der Waals surface area (Å²) in [7, 11) is -8.89. The molecule has 0 spiro atoms. The molecule has 0 heterocycles. The lowest BCUT2D eigenvalue weighted by Gasteiger charge is -2.67. The Balaban J connectivity index is 5.00. The summed E-state index contributed by atoms with van der Waals surface area (Å²) in [5.74, 6) is 0. The lowest BCUT2D eigenvalue weighted by molar-refractivity contribution is 0.371. The molecule has 0 fully saturated rings. The van der Waals surface area contributed by atoms with Crippen molar-refractivity contribution in [2.24, 2.45) is 5.41 Å². The fraction of sp³-hybridized carbons (Fsp3) is 0.806. The van der Waals surface area contributed by atoms with Gasteiger partial charge in [-0.25, -0.2) is 0 Å². The summed E-state index contributed by atoms with van der Waals surface area (Å²) < 4.78 is 0.523. The first-order valence-electron chi connectivity index (χ1n) is 17.3. The molecule has 0 amide bonds. The maximum absolute atomic E-state index is 3.15. The van der Waals surface area contributed by atoms with Crippen molar-refractivity contribution in [2.45, 2.75) is 182 Å². The van der Waals surface area contributed by atoms with Crippen LogP contribution >= 0.6 is 0 Å². The molecule has 43 heavy (non-hydrogen) atoms. The SMILES string of the molecule is CC(C)(C)CC([Si](=Cc1cc(C(C)(C)C)cc(C(C)(C)C)c1)[Si]([Si](C)(C)C)([Si](C)(C)C)[Si](C)(C)C)([Si](C)(C)C)[Si](C)(C)C. The molecule has 0 aliphatic rings. The molecule has 0 aromatic heterocycles. The molecule has 0 saturated carbocycles. The largest absolute Gasteiger partial charge is 0.0783 e. The van der Waals surface area contributed by atoms with Crippen molar-refractivity contribution in [3.8, 4) is 0 Å². The molecular weight excluding hydrogens is 629 g/mol. The van der Waals surface area contributed by atoms with Crippen LogP contribution in [0.15, 0.2) is 18.2 Å². The number of hydrogen-bond donors (Lipinski definition) is 0. The van der Waals surface area contributed by atoms with Gasteiger partial charge in [0.2, 0.25) is 0 Å². The van der Waals surface area contributed by atoms with E-state index in [0.717, 1.165) is 0 Å². The quantitative estimate of drug-likeness (QED) is 0.224. The predicted molar refractivity (Wildman–Crippen MR) is 224 cm³/mol. The minimum Gasteiger partial charge on any atom is -0.0783 e. The monoisotopic (exact) mass is 706 g/mol. The van der Waals surface area contributed by atoms with Crippen molar-refractivity contribution in [3.05, 3.63) is 34.9 Å². The zero-order chi connectivity index (χ0) is 34.8. The fourth-order valence-electron chi connectivity index (χ4n) is 10.3. The van der Waals surface area contributed by atoms with E-state index in [-0.39, 0.29) is 10.8 Å². The summed E-state index contributed by atoms with van der Waals surface area (Å²) in [5, 5.41) is 0. The Hall–Kier alpha value is 0.608. The van der Waals surface area contributed by atoms with Gasteiger partial charge >= 0.3 is 0 Å². The highest BCUT2D eigenvalue weighted by Gasteiger charge is 2.70. The molecule has 0 bridgehead atoms. The van der Waals surface area contributed by atoms with Gasteiger partial charge in [-0.2, -0.15) is 0 Å². The van der Waals surface area contributed by atoms with Crippen LogP contribution in [0.25, 0.3) is 0 Å². The summed E-state index contributed by atoms with van der Waals surface area (Å²) in [6.07, 6.45) is -0.335. The molecule has 250 valence electrons. The maximum Gasteiger partial charge on any atom is 0.0490 e. The predicted octanol–water partition coefficient (Wildman–Crippen LogP) is 12.2. The van der Waals surface area contributed by atoms with Gasteiger partial charge in [0.25, 0.3) is 0 Å². The standard InChI is InChI=1S/C36H78Si7/c1-33(2,3)29-36(38(10,11)12,39(13,14)15)37(43(40(16,17)18,41(19,20)21)42(22,23)24)28-30-25-31(34(4,5)6)27-32(26-30)35(7,8)9/h25-28H,29H2,1-24H3. The van der Waals surface area contributed by atoms with Gasteiger partial charge in [-0.3, -0.25) is 0 Å². The Labute approximate surface area is 279 Å². The van der Waals surface area contributed by atoms with Crippen LogP contribution in [0.2, 0.25) is 102 Å². The third kappa shape index (κ3) is 8.37. The van der Waals surface area contributed by atoms with E-state index in [1.807, 2.05) is 0 Å². The van der Waals surface area contributed by atoms with Crippen LogP contribution in [0.4, 0.5) is 0 Å². The normalized spacial score (nSPS) is 16.1. The Morgan fingerprint density at radius 2 is 0.814 bits per heavy atom. The van der Waals surface area contributed by atoms with E-state index in [9.17, 15) is 0 Å². The van der Waals surface area contributed by atoms with Gasteiger partial charge < -0.3 is 0 Å². The summed E-state index contributed by atoms with van der Waals surface area (Å²) in [6, 6.07) is 7.87. The third-order valence-electron chi connectivity index (χ3n) is 10.6. The van der Waals surface area contributed by atoms with Crippen molar-refractivity contribution in [1.29, 1.82) is 0 Å². The van der Waals surface area contributed by atoms with E-state index in [1.54, 1.807) is 5.56 Å². The van der Waals surface area contributed by atoms with Crippen molar-refractivity contribution >= 4 is 58.7 Å². The summed E-state index contributed by atoms with van der Waals surface area (Å²) in [5.41, 5.74) is 8.40. The number of rotatable bonds is 9. The molecular formula is C36H78Si7. The molecule has 0 N–H and O–H groups in total. The van der Waals surface area contributed by atoms with Crippen LogP contribution in [0.1, 0.15) is 85.4 Å². The summed E-state index contributed by atoms with van der Waals surface area (Å²) in [4.78, 5) is 0. The fourth-order valence-corrected chi connectivity index (χ4v) is 178. The first-order chi connectivity index (χ1) is 18.4. The Morgan fingerprint density at radius 1 is 0.512 bits per heavy atom. The summed E-state index contributed by atoms with van der Waals surface area (Å²) in [6.45, 7) is 65.0. The molecule has 0 atom stereocenters. The van der Waals surface area contributed by atoms with Crippen LogP contribution in [0, 0.1) is 5.41 Å². The van der Waals surface area contributed by atoms with Crippen LogP contribution in [-0.2, 0) is 10.8 Å². The second-order valence-corrected chi connectivity index (χ2v) is 84.8. The van der Waals surface area contributed by atoms with Crippen molar-refractivity contribution in [2.75, 3.05) is 0 Å². The highest BCUT2D eigenvalue weighted by molar-refractivity contribution is 8.04. The Bertz CT molecular complexity index is 1070. The van der Waals surface area contributed by atoms with Gasteiger partial charge in [-0.15, -0.1) is 0 Å². The van der Waals surface area contributed by atoms with Gasteiger partial charge in [-0.05, 0) is 51.6 Å². The van der Waals surface area contributed by atoms with Crippen LogP contribution in [0.5, 0.6) is 0 Å². The molecule has 7 heteroatoms. The molecule has 1 aromatic carbocycles. The van der Waals surface area contributed by atoms with E-state index in [1.165, 1.54) is 17.5 Å². The second kappa shape index (κ2) is 12.2. The van der Waals surface area contributed by atoms with E-state index in [0.29, 0.717) is 9.70 Å². The highest BCUT2D eigenvalue weighted by Crippen LogP contribution is 2.58. The number of hydrogen-bond acceptors (Lipinski definition) is 0. The highest BCUT2D eigenvalue weighted by atomic mass is 30.2. The zero-order valence-electron chi connectivity index (χ0n) is 34.0. The maximum atomic E-state index is 3.15. The molecule has 0 saturated heterocycles. The van der Waals surface area contributed by atoms with E-state index >= 15 is 0 Å². The van der Waals surface area contributed by atoms with Gasteiger partial charge in [0.1, 0.15) is 0 Å². The van der Waals surface area contributed by atoms with Gasteiger partial charge in [-0.1, -0.05) is 184 Å². The molecule has 0 aliphatic heterocycles. The zero-order valence-corrected chi connectivity index (χ0v) is 41.0. The lowest BCUT2D eigenvalue weighted by Crippen LogP contribution is -2.91. The Morgan fingerprint density at radius 3 is 1.02 bits per heavy atom. The molecule has 0 unspecified atom stereocenters. The smallest absolute Gasteiger partial charge is 0.0490 e. The minimum absolute atomic E-state index is 0.141. The van der Waals surface area contributed by atoms with Gasteiger partial charge in [0, 0.05) is 45.1 Å². The van der Waals surface area contributed by atoms with Crippen LogP contribution in [0.3, 0.4) is 0 Å². The van der Waals surface area contributed by atoms with Crippen LogP contribution < -0.4 is 0 Å². The molecule has 1 aromatic rings. The van der Waals surface area contributed by atoms with E-state index in [2.05, 4.69) is 184 Å². The number of benzene rings is 1. The van der Waals surface area contributed by atoms with Crippen molar-refractivity contribution in [3.63, 3.8) is 0 Å². The second-order valence-electron chi connectivity index (χ2n) is 22.5. The van der Waals surface area contributed by atoms with Crippen molar-refractivity contribution in [1.82, 2.24) is 0 Å². The minimum atomic E-state index is -1.76. The lowest BCUT2D eigenvalue weighted by atomic mass is 9.80. The average Bonchev–Trinajstić information content (AvgIpc) is 2.64. The molecule has 0 nitrogen and oxygen atoms in total. The summed E-state index contributed by atoms with van der Waals surface area (Å²) >= 11 is 0. The third-order valence-corrected chi connectivity index (χ3v) is 130. The molecule has 0 aliphatic carbocycles.